The number of benzene rings is 2. The molecule has 0 spiro atoms. The Morgan fingerprint density at radius 1 is 1.11 bits per heavy atom. The van der Waals surface area contributed by atoms with Crippen molar-refractivity contribution in [2.45, 2.75) is 17.2 Å². The van der Waals surface area contributed by atoms with E-state index in [9.17, 15) is 0 Å². The van der Waals surface area contributed by atoms with Crippen molar-refractivity contribution in [1.29, 1.82) is 0 Å². The van der Waals surface area contributed by atoms with Crippen LogP contribution in [0.5, 0.6) is 0 Å². The molecule has 2 N–H and O–H groups in total. The molecule has 0 bridgehead atoms. The highest BCUT2D eigenvalue weighted by atomic mass is 79.9. The van der Waals surface area contributed by atoms with Crippen LogP contribution in [-0.2, 0) is 12.3 Å². The van der Waals surface area contributed by atoms with Gasteiger partial charge in [0.25, 0.3) is 0 Å². The van der Waals surface area contributed by atoms with E-state index in [1.165, 1.54) is 4.90 Å². The van der Waals surface area contributed by atoms with Crippen LogP contribution in [-0.4, -0.2) is 0 Å². The second kappa shape index (κ2) is 6.62. The van der Waals surface area contributed by atoms with Gasteiger partial charge < -0.3 is 5.73 Å². The zero-order valence-electron chi connectivity index (χ0n) is 9.70. The molecule has 2 rings (SSSR count). The second-order valence-corrected chi connectivity index (χ2v) is 6.18. The van der Waals surface area contributed by atoms with Gasteiger partial charge in [-0.3, -0.25) is 0 Å². The first-order valence-electron chi connectivity index (χ1n) is 5.55. The summed E-state index contributed by atoms with van der Waals surface area (Å²) in [5.41, 5.74) is 8.05. The lowest BCUT2D eigenvalue weighted by Crippen LogP contribution is -1.98. The van der Waals surface area contributed by atoms with Crippen molar-refractivity contribution in [3.63, 3.8) is 0 Å². The fraction of sp³-hybridized carbons (Fsp3) is 0.143. The number of nitrogens with two attached hydrogens (primary N) is 1. The third-order valence-electron chi connectivity index (χ3n) is 2.59. The number of rotatable bonds is 4. The highest BCUT2D eigenvalue weighted by Crippen LogP contribution is 2.30. The van der Waals surface area contributed by atoms with Gasteiger partial charge in [0.1, 0.15) is 0 Å². The quantitative estimate of drug-likeness (QED) is 0.803. The van der Waals surface area contributed by atoms with Gasteiger partial charge in [0, 0.05) is 26.7 Å². The summed E-state index contributed by atoms with van der Waals surface area (Å²) in [7, 11) is 0. The summed E-state index contributed by atoms with van der Waals surface area (Å²) in [4.78, 5) is 1.20. The predicted octanol–water partition coefficient (Wildman–Crippen LogP) is 4.85. The monoisotopic (exact) mass is 341 g/mol. The van der Waals surface area contributed by atoms with Gasteiger partial charge >= 0.3 is 0 Å². The summed E-state index contributed by atoms with van der Waals surface area (Å²) in [5, 5.41) is 0.814. The lowest BCUT2D eigenvalue weighted by atomic mass is 10.2. The predicted molar refractivity (Wildman–Crippen MR) is 83.0 cm³/mol. The Kier molecular flexibility index (Phi) is 5.13. The van der Waals surface area contributed by atoms with Crippen LogP contribution in [0.4, 0.5) is 0 Å². The molecule has 0 aliphatic heterocycles. The van der Waals surface area contributed by atoms with E-state index in [1.807, 2.05) is 24.3 Å². The highest BCUT2D eigenvalue weighted by Gasteiger charge is 2.05. The molecule has 18 heavy (non-hydrogen) atoms. The van der Waals surface area contributed by atoms with Gasteiger partial charge in [-0.15, -0.1) is 11.8 Å². The van der Waals surface area contributed by atoms with Crippen LogP contribution in [0, 0.1) is 0 Å². The van der Waals surface area contributed by atoms with Crippen LogP contribution in [0.1, 0.15) is 11.1 Å². The largest absolute Gasteiger partial charge is 0.326 e. The minimum atomic E-state index is 0.554. The normalized spacial score (nSPS) is 10.6. The molecule has 0 aliphatic carbocycles. The van der Waals surface area contributed by atoms with Crippen molar-refractivity contribution in [2.24, 2.45) is 5.73 Å². The summed E-state index contributed by atoms with van der Waals surface area (Å²) in [6.07, 6.45) is 0. The Balaban J connectivity index is 2.15. The van der Waals surface area contributed by atoms with E-state index < -0.39 is 0 Å². The lowest BCUT2D eigenvalue weighted by Gasteiger charge is -2.09. The van der Waals surface area contributed by atoms with Crippen molar-refractivity contribution in [3.8, 4) is 0 Å². The maximum absolute atomic E-state index is 6.15. The Bertz CT molecular complexity index is 545. The number of thioether (sulfide) groups is 1. The van der Waals surface area contributed by atoms with Crippen molar-refractivity contribution >= 4 is 39.3 Å². The third-order valence-corrected chi connectivity index (χ3v) is 4.60. The molecule has 94 valence electrons. The van der Waals surface area contributed by atoms with Crippen LogP contribution < -0.4 is 5.73 Å². The first-order valence-corrected chi connectivity index (χ1v) is 7.71. The average Bonchev–Trinajstić information content (AvgIpc) is 2.38. The molecule has 0 saturated carbocycles. The number of hydrogen-bond donors (Lipinski definition) is 1. The van der Waals surface area contributed by atoms with E-state index >= 15 is 0 Å². The van der Waals surface area contributed by atoms with Gasteiger partial charge in [0.15, 0.2) is 0 Å². The van der Waals surface area contributed by atoms with Crippen molar-refractivity contribution in [1.82, 2.24) is 0 Å². The smallest absolute Gasteiger partial charge is 0.0446 e. The fourth-order valence-corrected chi connectivity index (χ4v) is 3.51. The molecule has 2 aromatic rings. The topological polar surface area (TPSA) is 26.0 Å². The van der Waals surface area contributed by atoms with Crippen LogP contribution >= 0.6 is 39.3 Å². The third kappa shape index (κ3) is 3.51. The fourth-order valence-electron chi connectivity index (χ4n) is 1.60. The Morgan fingerprint density at radius 2 is 1.89 bits per heavy atom. The van der Waals surface area contributed by atoms with Gasteiger partial charge in [0.2, 0.25) is 0 Å². The Labute approximate surface area is 125 Å². The summed E-state index contributed by atoms with van der Waals surface area (Å²) < 4.78 is 1.07. The summed E-state index contributed by atoms with van der Waals surface area (Å²) in [6, 6.07) is 14.1. The number of halogens is 2. The van der Waals surface area contributed by atoms with Crippen LogP contribution in [0.2, 0.25) is 5.02 Å². The molecule has 0 fully saturated rings. The molecule has 0 aromatic heterocycles. The zero-order valence-corrected chi connectivity index (χ0v) is 12.9. The maximum atomic E-state index is 6.15. The summed E-state index contributed by atoms with van der Waals surface area (Å²) >= 11 is 11.4. The molecule has 0 unspecified atom stereocenters. The van der Waals surface area contributed by atoms with E-state index in [0.717, 1.165) is 26.4 Å². The van der Waals surface area contributed by atoms with Crippen LogP contribution in [0.25, 0.3) is 0 Å². The van der Waals surface area contributed by atoms with E-state index in [0.29, 0.717) is 6.54 Å². The SMILES string of the molecule is NCc1ccc(Br)cc1SCc1ccccc1Cl. The van der Waals surface area contributed by atoms with E-state index in [-0.39, 0.29) is 0 Å². The molecule has 1 nitrogen and oxygen atoms in total. The van der Waals surface area contributed by atoms with Gasteiger partial charge in [0.05, 0.1) is 0 Å². The van der Waals surface area contributed by atoms with Crippen LogP contribution in [0.15, 0.2) is 51.8 Å². The first-order chi connectivity index (χ1) is 8.70. The Morgan fingerprint density at radius 3 is 2.61 bits per heavy atom. The average molecular weight is 343 g/mol. The maximum Gasteiger partial charge on any atom is 0.0446 e. The molecule has 2 aromatic carbocycles. The standard InChI is InChI=1S/C14H13BrClNS/c15-12-6-5-10(8-17)14(7-12)18-9-11-3-1-2-4-13(11)16/h1-7H,8-9,17H2. The van der Waals surface area contributed by atoms with E-state index in [4.69, 9.17) is 17.3 Å². The van der Waals surface area contributed by atoms with Crippen molar-refractivity contribution < 1.29 is 0 Å². The molecule has 4 heteroatoms. The minimum absolute atomic E-state index is 0.554. The first kappa shape index (κ1) is 13.9. The number of hydrogen-bond acceptors (Lipinski definition) is 2. The van der Waals surface area contributed by atoms with E-state index in [1.54, 1.807) is 11.8 Å². The van der Waals surface area contributed by atoms with Gasteiger partial charge in [-0.05, 0) is 29.3 Å². The van der Waals surface area contributed by atoms with E-state index in [2.05, 4.69) is 34.1 Å². The van der Waals surface area contributed by atoms with Gasteiger partial charge in [-0.25, -0.2) is 0 Å². The molecular formula is C14H13BrClNS. The zero-order chi connectivity index (χ0) is 13.0. The second-order valence-electron chi connectivity index (χ2n) is 3.84. The summed E-state index contributed by atoms with van der Waals surface area (Å²) in [5.74, 6) is 0.850. The molecule has 0 heterocycles. The van der Waals surface area contributed by atoms with Crippen molar-refractivity contribution in [2.75, 3.05) is 0 Å². The highest BCUT2D eigenvalue weighted by molar-refractivity contribution is 9.10. The summed E-state index contributed by atoms with van der Waals surface area (Å²) in [6.45, 7) is 0.554. The Hall–Kier alpha value is -0.480. The molecule has 0 aliphatic rings. The minimum Gasteiger partial charge on any atom is -0.326 e. The van der Waals surface area contributed by atoms with Gasteiger partial charge in [-0.2, -0.15) is 0 Å². The van der Waals surface area contributed by atoms with Gasteiger partial charge in [-0.1, -0.05) is 51.8 Å². The van der Waals surface area contributed by atoms with Crippen molar-refractivity contribution in [3.05, 3.63) is 63.1 Å². The molecule has 0 amide bonds. The molecule has 0 saturated heterocycles. The molecule has 0 atom stereocenters. The lowest BCUT2D eigenvalue weighted by molar-refractivity contribution is 1.02. The van der Waals surface area contributed by atoms with Crippen LogP contribution in [0.3, 0.4) is 0 Å². The molecule has 0 radical (unpaired) electrons. The molecular weight excluding hydrogens is 330 g/mol.